The van der Waals surface area contributed by atoms with Crippen LogP contribution >= 0.6 is 0 Å². The zero-order chi connectivity index (χ0) is 7.86. The van der Waals surface area contributed by atoms with Crippen LogP contribution < -0.4 is 16.2 Å². The third kappa shape index (κ3) is 21.8. The van der Waals surface area contributed by atoms with Crippen molar-refractivity contribution in [3.63, 3.8) is 0 Å². The molecule has 0 rings (SSSR count). The number of hydrogen-bond acceptors (Lipinski definition) is 4. The van der Waals surface area contributed by atoms with Gasteiger partial charge in [-0.3, -0.25) is 21.3 Å². The van der Waals surface area contributed by atoms with Gasteiger partial charge >= 0.3 is 6.09 Å². The highest BCUT2D eigenvalue weighted by Crippen LogP contribution is 1.58. The second-order valence-corrected chi connectivity index (χ2v) is 0.715. The number of nitro groups is 1. The summed E-state index contributed by atoms with van der Waals surface area (Å²) in [6, 6.07) is 0. The van der Waals surface area contributed by atoms with E-state index >= 15 is 0 Å². The molecule has 9 heavy (non-hydrogen) atoms. The molecule has 0 aromatic rings. The van der Waals surface area contributed by atoms with Crippen LogP contribution in [0.5, 0.6) is 0 Å². The zero-order valence-electron chi connectivity index (χ0n) is 4.31. The third-order valence-electron chi connectivity index (χ3n) is 0.149. The van der Waals surface area contributed by atoms with E-state index in [2.05, 4.69) is 11.1 Å². The molecule has 0 bridgehead atoms. The van der Waals surface area contributed by atoms with Gasteiger partial charge < -0.3 is 9.90 Å². The van der Waals surface area contributed by atoms with Crippen molar-refractivity contribution in [2.24, 2.45) is 5.73 Å². The molecule has 4 N–H and O–H groups in total. The number of carboxylic acid groups (broad SMARTS) is 1. The fraction of sp³-hybridized carbons (Fsp3) is 0. The van der Waals surface area contributed by atoms with Crippen molar-refractivity contribution in [3.8, 4) is 0 Å². The number of amides is 1. The fourth-order valence-corrected chi connectivity index (χ4v) is 0. The van der Waals surface area contributed by atoms with Gasteiger partial charge in [0.05, 0.1) is 4.92 Å². The molecular weight excluding hydrogens is 130 g/mol. The van der Waals surface area contributed by atoms with Gasteiger partial charge in [0.2, 0.25) is 6.34 Å². The minimum Gasteiger partial charge on any atom is -0.486 e. The second kappa shape index (κ2) is 6.34. The lowest BCUT2D eigenvalue weighted by molar-refractivity contribution is -0.481. The largest absolute Gasteiger partial charge is 0.486 e. The van der Waals surface area contributed by atoms with Gasteiger partial charge in [-0.05, 0) is 0 Å². The summed E-state index contributed by atoms with van der Waals surface area (Å²) in [4.78, 5) is 16.2. The van der Waals surface area contributed by atoms with E-state index in [0.717, 1.165) is 6.34 Å². The summed E-state index contributed by atoms with van der Waals surface area (Å²) in [6.45, 7) is 0. The SMILES string of the molecule is NC=[NH2+].O=C([O-])[N+](=O)[O-]. The van der Waals surface area contributed by atoms with Crippen molar-refractivity contribution in [2.75, 3.05) is 0 Å². The highest BCUT2D eigenvalue weighted by Gasteiger charge is 1.91. The fourth-order valence-electron chi connectivity index (χ4n) is 0. The minimum atomic E-state index is -2.27. The summed E-state index contributed by atoms with van der Waals surface area (Å²) in [5.74, 6) is 0. The van der Waals surface area contributed by atoms with Crippen molar-refractivity contribution in [2.45, 2.75) is 0 Å². The van der Waals surface area contributed by atoms with Crippen LogP contribution in [-0.4, -0.2) is 17.4 Å². The van der Waals surface area contributed by atoms with Crippen molar-refractivity contribution in [1.82, 2.24) is 0 Å². The number of carbonyl (C=O) groups is 1. The van der Waals surface area contributed by atoms with Crippen molar-refractivity contribution in [3.05, 3.63) is 10.1 Å². The molecular formula is C2H5N3O4. The Labute approximate surface area is 49.7 Å². The monoisotopic (exact) mass is 135 g/mol. The van der Waals surface area contributed by atoms with Gasteiger partial charge in [-0.1, -0.05) is 0 Å². The van der Waals surface area contributed by atoms with Crippen molar-refractivity contribution in [1.29, 1.82) is 0 Å². The zero-order valence-corrected chi connectivity index (χ0v) is 4.31. The van der Waals surface area contributed by atoms with Crippen molar-refractivity contribution < 1.29 is 20.2 Å². The molecule has 0 atom stereocenters. The van der Waals surface area contributed by atoms with Gasteiger partial charge in [-0.2, -0.15) is 0 Å². The maximum atomic E-state index is 8.89. The number of rotatable bonds is 0. The van der Waals surface area contributed by atoms with Crippen LogP contribution in [0.4, 0.5) is 4.79 Å². The molecule has 0 saturated heterocycles. The first-order chi connectivity index (χ1) is 4.06. The Balaban J connectivity index is 0. The van der Waals surface area contributed by atoms with E-state index in [1.54, 1.807) is 0 Å². The van der Waals surface area contributed by atoms with Gasteiger partial charge in [0, 0.05) is 0 Å². The Morgan fingerprint density at radius 2 is 1.89 bits per heavy atom. The number of hydrogen-bond donors (Lipinski definition) is 2. The topological polar surface area (TPSA) is 135 Å². The van der Waals surface area contributed by atoms with E-state index in [-0.39, 0.29) is 0 Å². The average Bonchev–Trinajstić information content (AvgIpc) is 1.68. The third-order valence-corrected chi connectivity index (χ3v) is 0.149. The Morgan fingerprint density at radius 3 is 1.89 bits per heavy atom. The first kappa shape index (κ1) is 10.3. The van der Waals surface area contributed by atoms with E-state index < -0.39 is 11.0 Å². The maximum absolute atomic E-state index is 8.89. The molecule has 0 saturated carbocycles. The summed E-state index contributed by atoms with van der Waals surface area (Å²) in [5, 5.41) is 22.2. The maximum Gasteiger partial charge on any atom is 0.401 e. The summed E-state index contributed by atoms with van der Waals surface area (Å²) in [7, 11) is 0. The number of carbonyl (C=O) groups excluding carboxylic acids is 1. The van der Waals surface area contributed by atoms with E-state index in [4.69, 9.17) is 20.0 Å². The van der Waals surface area contributed by atoms with E-state index in [1.807, 2.05) is 0 Å². The van der Waals surface area contributed by atoms with E-state index in [0.29, 0.717) is 0 Å². The highest BCUT2D eigenvalue weighted by atomic mass is 16.7. The Kier molecular flexibility index (Phi) is 7.29. The summed E-state index contributed by atoms with van der Waals surface area (Å²) in [5.41, 5.74) is 4.50. The smallest absolute Gasteiger partial charge is 0.401 e. The first-order valence-corrected chi connectivity index (χ1v) is 1.66. The molecule has 0 spiro atoms. The lowest BCUT2D eigenvalue weighted by Crippen LogP contribution is -2.33. The molecule has 0 aromatic carbocycles. The lowest BCUT2D eigenvalue weighted by atomic mass is 11.3. The average molecular weight is 135 g/mol. The predicted octanol–water partition coefficient (Wildman–Crippen LogP) is -3.66. The molecule has 7 nitrogen and oxygen atoms in total. The van der Waals surface area contributed by atoms with E-state index in [1.165, 1.54) is 0 Å². The molecule has 1 amide bonds. The lowest BCUT2D eigenvalue weighted by Gasteiger charge is -1.81. The van der Waals surface area contributed by atoms with Crippen LogP contribution in [0.3, 0.4) is 0 Å². The first-order valence-electron chi connectivity index (χ1n) is 1.66. The van der Waals surface area contributed by atoms with Gasteiger partial charge in [0.15, 0.2) is 0 Å². The standard InChI is InChI=1S/CH4N2.CHNO4/c2-1-3;3-1(4)2(5)6/h1H,(H3,2,3);(H,3,4). The van der Waals surface area contributed by atoms with Crippen LogP contribution in [0.2, 0.25) is 0 Å². The minimum absolute atomic E-state index is 1.00. The Hall–Kier alpha value is -1.66. The van der Waals surface area contributed by atoms with Crippen LogP contribution in [0.15, 0.2) is 0 Å². The summed E-state index contributed by atoms with van der Waals surface area (Å²) < 4.78 is 0. The summed E-state index contributed by atoms with van der Waals surface area (Å²) >= 11 is 0. The molecule has 7 heteroatoms. The molecule has 0 aliphatic rings. The molecule has 0 heterocycles. The van der Waals surface area contributed by atoms with Gasteiger partial charge in [-0.15, -0.1) is 0 Å². The molecule has 0 fully saturated rings. The van der Waals surface area contributed by atoms with Gasteiger partial charge in [-0.25, -0.2) is 0 Å². The molecule has 0 aromatic heterocycles. The van der Waals surface area contributed by atoms with Gasteiger partial charge in [0.25, 0.3) is 0 Å². The molecule has 0 radical (unpaired) electrons. The molecule has 52 valence electrons. The van der Waals surface area contributed by atoms with Crippen LogP contribution in [0.25, 0.3) is 0 Å². The Morgan fingerprint density at radius 1 is 1.78 bits per heavy atom. The quantitative estimate of drug-likeness (QED) is 0.153. The molecule has 0 unspecified atom stereocenters. The van der Waals surface area contributed by atoms with Crippen LogP contribution in [0.1, 0.15) is 0 Å². The van der Waals surface area contributed by atoms with E-state index in [9.17, 15) is 0 Å². The Bertz CT molecular complexity index is 109. The molecule has 0 aliphatic carbocycles. The second-order valence-electron chi connectivity index (χ2n) is 0.715. The number of nitrogens with two attached hydrogens (primary N) is 2. The normalized spacial score (nSPS) is 6.22. The number of nitrogens with zero attached hydrogens (tertiary/aromatic N) is 1. The van der Waals surface area contributed by atoms with Gasteiger partial charge in [0.1, 0.15) is 0 Å². The van der Waals surface area contributed by atoms with Crippen LogP contribution in [-0.2, 0) is 0 Å². The summed E-state index contributed by atoms with van der Waals surface area (Å²) in [6.07, 6.45) is -1.27. The highest BCUT2D eigenvalue weighted by molar-refractivity contribution is 5.51. The van der Waals surface area contributed by atoms with Crippen molar-refractivity contribution >= 4 is 12.4 Å². The predicted molar refractivity (Wildman–Crippen MR) is 24.6 cm³/mol. The molecule has 0 aliphatic heterocycles. The van der Waals surface area contributed by atoms with Crippen LogP contribution in [0, 0.1) is 10.1 Å².